The number of carbonyl (C=O) groups is 1. The standard InChI is InChI=1S/C8H13NO3/c10-7-3-1-2-5-9(6-4-7)8(11)12/h1,3,7,10H,2,4-6H2,(H,11,12). The average Bonchev–Trinajstić information content (AvgIpc) is 1.97. The van der Waals surface area contributed by atoms with Crippen LogP contribution in [-0.4, -0.2) is 40.4 Å². The van der Waals surface area contributed by atoms with Crippen molar-refractivity contribution >= 4 is 6.09 Å². The van der Waals surface area contributed by atoms with E-state index in [1.165, 1.54) is 4.90 Å². The van der Waals surface area contributed by atoms with Crippen molar-refractivity contribution in [3.8, 4) is 0 Å². The Kier molecular flexibility index (Phi) is 3.10. The van der Waals surface area contributed by atoms with Crippen LogP contribution in [0.15, 0.2) is 12.2 Å². The van der Waals surface area contributed by atoms with Crippen LogP contribution in [0.5, 0.6) is 0 Å². The molecule has 0 saturated heterocycles. The second kappa shape index (κ2) is 4.11. The Balaban J connectivity index is 2.49. The van der Waals surface area contributed by atoms with Crippen LogP contribution in [0.2, 0.25) is 0 Å². The van der Waals surface area contributed by atoms with Crippen molar-refractivity contribution in [1.82, 2.24) is 4.90 Å². The molecule has 0 fully saturated rings. The zero-order valence-electron chi connectivity index (χ0n) is 6.81. The molecule has 0 aliphatic carbocycles. The third-order valence-electron chi connectivity index (χ3n) is 1.89. The molecule has 0 aromatic carbocycles. The van der Waals surface area contributed by atoms with E-state index in [0.717, 1.165) is 0 Å². The summed E-state index contributed by atoms with van der Waals surface area (Å²) in [7, 11) is 0. The second-order valence-electron chi connectivity index (χ2n) is 2.84. The highest BCUT2D eigenvalue weighted by Gasteiger charge is 2.13. The maximum absolute atomic E-state index is 10.5. The molecule has 68 valence electrons. The second-order valence-corrected chi connectivity index (χ2v) is 2.84. The van der Waals surface area contributed by atoms with Gasteiger partial charge in [0.15, 0.2) is 0 Å². The Morgan fingerprint density at radius 1 is 1.50 bits per heavy atom. The highest BCUT2D eigenvalue weighted by atomic mass is 16.4. The van der Waals surface area contributed by atoms with E-state index in [0.29, 0.717) is 25.9 Å². The molecule has 4 heteroatoms. The summed E-state index contributed by atoms with van der Waals surface area (Å²) in [6.45, 7) is 0.944. The smallest absolute Gasteiger partial charge is 0.407 e. The number of hydrogen-bond donors (Lipinski definition) is 2. The third-order valence-corrected chi connectivity index (χ3v) is 1.89. The van der Waals surface area contributed by atoms with Gasteiger partial charge in [0.2, 0.25) is 0 Å². The summed E-state index contributed by atoms with van der Waals surface area (Å²) in [5, 5.41) is 17.9. The van der Waals surface area contributed by atoms with E-state index in [1.54, 1.807) is 6.08 Å². The van der Waals surface area contributed by atoms with E-state index < -0.39 is 12.2 Å². The van der Waals surface area contributed by atoms with Gasteiger partial charge in [-0.2, -0.15) is 0 Å². The Morgan fingerprint density at radius 3 is 2.92 bits per heavy atom. The molecule has 2 N–H and O–H groups in total. The lowest BCUT2D eigenvalue weighted by atomic mass is 10.2. The van der Waals surface area contributed by atoms with E-state index in [1.807, 2.05) is 6.08 Å². The van der Waals surface area contributed by atoms with Gasteiger partial charge in [0, 0.05) is 13.1 Å². The van der Waals surface area contributed by atoms with Crippen LogP contribution in [-0.2, 0) is 0 Å². The lowest BCUT2D eigenvalue weighted by Gasteiger charge is -2.21. The summed E-state index contributed by atoms with van der Waals surface area (Å²) in [6.07, 6.45) is 3.31. The SMILES string of the molecule is O=C(O)N1CCC=CC(O)CC1. The van der Waals surface area contributed by atoms with Gasteiger partial charge in [-0.3, -0.25) is 0 Å². The molecule has 1 rings (SSSR count). The van der Waals surface area contributed by atoms with Crippen LogP contribution >= 0.6 is 0 Å². The first-order valence-corrected chi connectivity index (χ1v) is 4.03. The molecule has 1 amide bonds. The lowest BCUT2D eigenvalue weighted by Crippen LogP contribution is -2.33. The summed E-state index contributed by atoms with van der Waals surface area (Å²) >= 11 is 0. The molecule has 0 aromatic heterocycles. The molecular weight excluding hydrogens is 158 g/mol. The average molecular weight is 171 g/mol. The fourth-order valence-electron chi connectivity index (χ4n) is 1.17. The monoisotopic (exact) mass is 171 g/mol. The number of aliphatic hydroxyl groups is 1. The minimum atomic E-state index is -0.905. The van der Waals surface area contributed by atoms with E-state index in [2.05, 4.69) is 0 Å². The van der Waals surface area contributed by atoms with E-state index in [4.69, 9.17) is 5.11 Å². The highest BCUT2D eigenvalue weighted by molar-refractivity contribution is 5.64. The number of hydrogen-bond acceptors (Lipinski definition) is 2. The molecular formula is C8H13NO3. The molecule has 4 nitrogen and oxygen atoms in total. The van der Waals surface area contributed by atoms with E-state index >= 15 is 0 Å². The third kappa shape index (κ3) is 2.54. The summed E-state index contributed by atoms with van der Waals surface area (Å²) in [5.41, 5.74) is 0. The molecule has 0 radical (unpaired) electrons. The Hall–Kier alpha value is -1.03. The maximum Gasteiger partial charge on any atom is 0.407 e. The van der Waals surface area contributed by atoms with Gasteiger partial charge >= 0.3 is 6.09 Å². The van der Waals surface area contributed by atoms with Crippen molar-refractivity contribution < 1.29 is 15.0 Å². The predicted octanol–water partition coefficient (Wildman–Crippen LogP) is 0.677. The molecule has 1 unspecified atom stereocenters. The first-order chi connectivity index (χ1) is 5.70. The van der Waals surface area contributed by atoms with Crippen LogP contribution in [0, 0.1) is 0 Å². The molecule has 0 saturated carbocycles. The molecule has 1 atom stereocenters. The minimum Gasteiger partial charge on any atom is -0.465 e. The number of amides is 1. The predicted molar refractivity (Wildman–Crippen MR) is 44.0 cm³/mol. The Bertz CT molecular complexity index is 191. The highest BCUT2D eigenvalue weighted by Crippen LogP contribution is 2.04. The number of nitrogens with zero attached hydrogens (tertiary/aromatic N) is 1. The molecule has 0 aromatic rings. The number of rotatable bonds is 0. The zero-order chi connectivity index (χ0) is 8.97. The molecule has 0 spiro atoms. The first kappa shape index (κ1) is 9.06. The van der Waals surface area contributed by atoms with Crippen molar-refractivity contribution in [1.29, 1.82) is 0 Å². The van der Waals surface area contributed by atoms with Crippen molar-refractivity contribution in [2.45, 2.75) is 18.9 Å². The van der Waals surface area contributed by atoms with Crippen molar-refractivity contribution in [2.75, 3.05) is 13.1 Å². The zero-order valence-corrected chi connectivity index (χ0v) is 6.81. The summed E-state index contributed by atoms with van der Waals surface area (Å²) < 4.78 is 0. The quantitative estimate of drug-likeness (QED) is 0.527. The van der Waals surface area contributed by atoms with Crippen LogP contribution in [0.3, 0.4) is 0 Å². The largest absolute Gasteiger partial charge is 0.465 e. The molecule has 1 aliphatic heterocycles. The summed E-state index contributed by atoms with van der Waals surface area (Å²) in [4.78, 5) is 11.9. The summed E-state index contributed by atoms with van der Waals surface area (Å²) in [5.74, 6) is 0. The first-order valence-electron chi connectivity index (χ1n) is 4.03. The molecule has 12 heavy (non-hydrogen) atoms. The van der Waals surface area contributed by atoms with Crippen molar-refractivity contribution in [3.63, 3.8) is 0 Å². The molecule has 0 bridgehead atoms. The van der Waals surface area contributed by atoms with Crippen LogP contribution < -0.4 is 0 Å². The van der Waals surface area contributed by atoms with E-state index in [9.17, 15) is 9.90 Å². The fourth-order valence-corrected chi connectivity index (χ4v) is 1.17. The molecule has 1 heterocycles. The normalized spacial score (nSPS) is 24.8. The van der Waals surface area contributed by atoms with Crippen LogP contribution in [0.4, 0.5) is 4.79 Å². The lowest BCUT2D eigenvalue weighted by molar-refractivity contribution is 0.132. The number of aliphatic hydroxyl groups excluding tert-OH is 1. The fraction of sp³-hybridized carbons (Fsp3) is 0.625. The number of carboxylic acid groups (broad SMARTS) is 1. The van der Waals surface area contributed by atoms with Gasteiger partial charge in [-0.25, -0.2) is 4.79 Å². The topological polar surface area (TPSA) is 60.8 Å². The minimum absolute atomic E-state index is 0.418. The van der Waals surface area contributed by atoms with Gasteiger partial charge < -0.3 is 15.1 Å². The van der Waals surface area contributed by atoms with Gasteiger partial charge in [-0.15, -0.1) is 0 Å². The van der Waals surface area contributed by atoms with Crippen molar-refractivity contribution in [3.05, 3.63) is 12.2 Å². The van der Waals surface area contributed by atoms with Gasteiger partial charge in [0.05, 0.1) is 6.10 Å². The van der Waals surface area contributed by atoms with Crippen molar-refractivity contribution in [2.24, 2.45) is 0 Å². The van der Waals surface area contributed by atoms with Gasteiger partial charge in [-0.1, -0.05) is 12.2 Å². The van der Waals surface area contributed by atoms with E-state index in [-0.39, 0.29) is 0 Å². The van der Waals surface area contributed by atoms with Gasteiger partial charge in [-0.05, 0) is 12.8 Å². The Morgan fingerprint density at radius 2 is 2.25 bits per heavy atom. The maximum atomic E-state index is 10.5. The van der Waals surface area contributed by atoms with Gasteiger partial charge in [0.25, 0.3) is 0 Å². The van der Waals surface area contributed by atoms with Gasteiger partial charge in [0.1, 0.15) is 0 Å². The van der Waals surface area contributed by atoms with Crippen LogP contribution in [0.25, 0.3) is 0 Å². The Labute approximate surface area is 71.1 Å². The molecule has 1 aliphatic rings. The van der Waals surface area contributed by atoms with Crippen LogP contribution in [0.1, 0.15) is 12.8 Å². The summed E-state index contributed by atoms with van der Waals surface area (Å²) in [6, 6.07) is 0.